The third-order valence-corrected chi connectivity index (χ3v) is 5.71. The van der Waals surface area contributed by atoms with Crippen molar-refractivity contribution in [1.82, 2.24) is 9.88 Å². The number of amides is 4. The van der Waals surface area contributed by atoms with Gasteiger partial charge in [-0.1, -0.05) is 34.1 Å². The van der Waals surface area contributed by atoms with Gasteiger partial charge in [-0.2, -0.15) is 0 Å². The maximum Gasteiger partial charge on any atom is 0.323 e. The summed E-state index contributed by atoms with van der Waals surface area (Å²) in [5.41, 5.74) is 3.88. The number of hydrogen-bond acceptors (Lipinski definition) is 4. The van der Waals surface area contributed by atoms with E-state index >= 15 is 0 Å². The highest BCUT2D eigenvalue weighted by Crippen LogP contribution is 2.35. The second-order valence-electron chi connectivity index (χ2n) is 7.76. The van der Waals surface area contributed by atoms with Gasteiger partial charge >= 0.3 is 12.1 Å². The molecule has 10 heteroatoms. The molecule has 4 rings (SSSR count). The Morgan fingerprint density at radius 3 is 2.59 bits per heavy atom. The number of hydrogen-bond donors (Lipinski definition) is 4. The lowest BCUT2D eigenvalue weighted by atomic mass is 9.99. The first-order valence-corrected chi connectivity index (χ1v) is 11.1. The third-order valence-electron chi connectivity index (χ3n) is 5.06. The van der Waals surface area contributed by atoms with Crippen LogP contribution in [-0.4, -0.2) is 42.6 Å². The Hall–Kier alpha value is -3.92. The van der Waals surface area contributed by atoms with Crippen LogP contribution in [0.4, 0.5) is 36.9 Å². The highest BCUT2D eigenvalue weighted by molar-refractivity contribution is 9.10. The van der Waals surface area contributed by atoms with Crippen LogP contribution in [0.3, 0.4) is 0 Å². The number of halogens is 2. The zero-order valence-corrected chi connectivity index (χ0v) is 20.0. The van der Waals surface area contributed by atoms with E-state index < -0.39 is 11.8 Å². The molecular weight excluding hydrogens is 503 g/mol. The molecule has 34 heavy (non-hydrogen) atoms. The van der Waals surface area contributed by atoms with Crippen molar-refractivity contribution in [3.05, 3.63) is 76.1 Å². The molecule has 4 amide bonds. The second kappa shape index (κ2) is 9.92. The van der Waals surface area contributed by atoms with E-state index in [9.17, 15) is 14.0 Å². The number of para-hydroxylation sites is 1. The largest absolute Gasteiger partial charge is 0.380 e. The van der Waals surface area contributed by atoms with Crippen molar-refractivity contribution in [3.8, 4) is 0 Å². The normalized spacial score (nSPS) is 12.1. The number of aromatic nitrogens is 1. The van der Waals surface area contributed by atoms with Gasteiger partial charge in [0.05, 0.1) is 5.69 Å². The molecule has 2 aromatic carbocycles. The van der Waals surface area contributed by atoms with E-state index in [1.165, 1.54) is 11.0 Å². The quantitative estimate of drug-likeness (QED) is 0.352. The lowest BCUT2D eigenvalue weighted by Crippen LogP contribution is -2.27. The summed E-state index contributed by atoms with van der Waals surface area (Å²) in [6.45, 7) is 0.456. The van der Waals surface area contributed by atoms with Gasteiger partial charge in [0.2, 0.25) is 0 Å². The first-order valence-electron chi connectivity index (χ1n) is 10.4. The zero-order valence-electron chi connectivity index (χ0n) is 18.4. The van der Waals surface area contributed by atoms with E-state index in [-0.39, 0.29) is 11.7 Å². The number of anilines is 4. The standard InChI is InChI=1S/C24H22BrFN6O2/c1-32(2)24(34)31-22-11-20-15(13-28-22)8-14(12-27-20)17-9-21(19(26)10-18(17)25)30-23(33)29-16-6-4-3-5-7-16/h3-11,13,27H,12H2,1-2H3,(H,28,31,34)(H2,29,30,33). The molecule has 0 aliphatic carbocycles. The Balaban J connectivity index is 1.55. The molecule has 8 nitrogen and oxygen atoms in total. The van der Waals surface area contributed by atoms with E-state index in [0.717, 1.165) is 22.4 Å². The summed E-state index contributed by atoms with van der Waals surface area (Å²) in [5.74, 6) is -0.132. The number of urea groups is 2. The highest BCUT2D eigenvalue weighted by atomic mass is 79.9. The van der Waals surface area contributed by atoms with E-state index in [2.05, 4.69) is 42.2 Å². The first kappa shape index (κ1) is 23.2. The average molecular weight is 525 g/mol. The summed E-state index contributed by atoms with van der Waals surface area (Å²) in [7, 11) is 3.30. The molecule has 0 saturated carbocycles. The Labute approximate surface area is 204 Å². The molecule has 1 aromatic heterocycles. The van der Waals surface area contributed by atoms with Crippen molar-refractivity contribution in [2.45, 2.75) is 0 Å². The number of fused-ring (bicyclic) bond motifs is 1. The summed E-state index contributed by atoms with van der Waals surface area (Å²) in [4.78, 5) is 29.9. The lowest BCUT2D eigenvalue weighted by Gasteiger charge is -2.21. The van der Waals surface area contributed by atoms with Gasteiger partial charge in [0, 0.05) is 54.3 Å². The van der Waals surface area contributed by atoms with Crippen LogP contribution >= 0.6 is 15.9 Å². The van der Waals surface area contributed by atoms with Crippen LogP contribution < -0.4 is 21.3 Å². The van der Waals surface area contributed by atoms with Gasteiger partial charge in [-0.25, -0.2) is 19.0 Å². The van der Waals surface area contributed by atoms with Crippen LogP contribution in [0.1, 0.15) is 11.1 Å². The number of nitrogens with zero attached hydrogens (tertiary/aromatic N) is 2. The minimum absolute atomic E-state index is 0.0539. The van der Waals surface area contributed by atoms with E-state index in [4.69, 9.17) is 0 Å². The molecule has 0 atom stereocenters. The van der Waals surface area contributed by atoms with Gasteiger partial charge in [-0.3, -0.25) is 5.32 Å². The summed E-state index contributed by atoms with van der Waals surface area (Å²) in [5, 5.41) is 11.3. The third kappa shape index (κ3) is 5.34. The summed E-state index contributed by atoms with van der Waals surface area (Å²) < 4.78 is 15.1. The van der Waals surface area contributed by atoms with Gasteiger partial charge in [0.25, 0.3) is 0 Å². The number of carbonyl (C=O) groups is 2. The number of benzene rings is 2. The minimum atomic E-state index is -0.563. The smallest absolute Gasteiger partial charge is 0.323 e. The zero-order chi connectivity index (χ0) is 24.2. The Kier molecular flexibility index (Phi) is 6.78. The maximum absolute atomic E-state index is 14.6. The molecule has 1 aliphatic rings. The summed E-state index contributed by atoms with van der Waals surface area (Å²) >= 11 is 3.42. The lowest BCUT2D eigenvalue weighted by molar-refractivity contribution is 0.230. The Bertz CT molecular complexity index is 1280. The predicted octanol–water partition coefficient (Wildman–Crippen LogP) is 5.69. The van der Waals surface area contributed by atoms with Crippen molar-refractivity contribution >= 4 is 62.5 Å². The molecule has 2 heterocycles. The van der Waals surface area contributed by atoms with Crippen molar-refractivity contribution in [1.29, 1.82) is 0 Å². The molecule has 0 unspecified atom stereocenters. The topological polar surface area (TPSA) is 98.4 Å². The highest BCUT2D eigenvalue weighted by Gasteiger charge is 2.18. The van der Waals surface area contributed by atoms with Crippen LogP contribution in [0.2, 0.25) is 0 Å². The molecule has 174 valence electrons. The van der Waals surface area contributed by atoms with Crippen molar-refractivity contribution < 1.29 is 14.0 Å². The molecule has 0 spiro atoms. The first-order chi connectivity index (χ1) is 16.3. The second-order valence-corrected chi connectivity index (χ2v) is 8.62. The van der Waals surface area contributed by atoms with E-state index in [1.807, 2.05) is 12.1 Å². The molecule has 4 N–H and O–H groups in total. The molecule has 0 saturated heterocycles. The molecule has 3 aromatic rings. The number of rotatable bonds is 4. The van der Waals surface area contributed by atoms with Crippen LogP contribution in [0.15, 0.2) is 59.2 Å². The van der Waals surface area contributed by atoms with Gasteiger partial charge < -0.3 is 20.9 Å². The molecular formula is C24H22BrFN6O2. The summed E-state index contributed by atoms with van der Waals surface area (Å²) in [6, 6.07) is 12.7. The van der Waals surface area contributed by atoms with Crippen molar-refractivity contribution in [2.24, 2.45) is 0 Å². The van der Waals surface area contributed by atoms with Crippen LogP contribution in [-0.2, 0) is 0 Å². The molecule has 0 fully saturated rings. The van der Waals surface area contributed by atoms with Gasteiger partial charge in [-0.15, -0.1) is 0 Å². The number of nitrogens with one attached hydrogen (secondary N) is 4. The van der Waals surface area contributed by atoms with Crippen molar-refractivity contribution in [3.63, 3.8) is 0 Å². The van der Waals surface area contributed by atoms with E-state index in [0.29, 0.717) is 22.5 Å². The summed E-state index contributed by atoms with van der Waals surface area (Å²) in [6.07, 6.45) is 3.58. The van der Waals surface area contributed by atoms with Crippen LogP contribution in [0, 0.1) is 5.82 Å². The Morgan fingerprint density at radius 1 is 1.09 bits per heavy atom. The monoisotopic (exact) mass is 524 g/mol. The fraction of sp³-hybridized carbons (Fsp3) is 0.125. The van der Waals surface area contributed by atoms with E-state index in [1.54, 1.807) is 56.7 Å². The fourth-order valence-electron chi connectivity index (χ4n) is 3.32. The minimum Gasteiger partial charge on any atom is -0.380 e. The average Bonchev–Trinajstić information content (AvgIpc) is 2.81. The van der Waals surface area contributed by atoms with Gasteiger partial charge in [0.1, 0.15) is 11.6 Å². The van der Waals surface area contributed by atoms with Gasteiger partial charge in [0.15, 0.2) is 0 Å². The number of pyridine rings is 1. The predicted molar refractivity (Wildman–Crippen MR) is 136 cm³/mol. The van der Waals surface area contributed by atoms with Crippen LogP contribution in [0.25, 0.3) is 11.6 Å². The molecule has 1 aliphatic heterocycles. The SMILES string of the molecule is CN(C)C(=O)Nc1cc2c(cn1)C=C(c1cc(NC(=O)Nc3ccccc3)c(F)cc1Br)CN2. The Morgan fingerprint density at radius 2 is 1.85 bits per heavy atom. The molecule has 0 bridgehead atoms. The van der Waals surface area contributed by atoms with Crippen LogP contribution in [0.5, 0.6) is 0 Å². The maximum atomic E-state index is 14.6. The number of carbonyl (C=O) groups excluding carboxylic acids is 2. The van der Waals surface area contributed by atoms with Gasteiger partial charge in [-0.05, 0) is 41.5 Å². The fourth-order valence-corrected chi connectivity index (χ4v) is 3.89. The van der Waals surface area contributed by atoms with Crippen molar-refractivity contribution in [2.75, 3.05) is 41.9 Å². The molecule has 0 radical (unpaired) electrons.